The molecule has 0 aromatic carbocycles. The standard InChI is InChI=1S/C26H47BN2O8/c1-16(2)12-21(27-36-20-14-18-13-19(25(18,4)5)26(20,6)37-27)28-24(32)23(17(3)30)29-22(31)15-35-11-10-34-9-8-33-7/h16-21,23,30H,8-15H2,1-7H3,(H,28,32)(H,29,31)/t17-,18-,19-,20-,21+,23+,26+/m1/s1. The number of hydrogen-bond acceptors (Lipinski definition) is 8. The van der Waals surface area contributed by atoms with Gasteiger partial charge in [0.05, 0.1) is 50.2 Å². The molecule has 7 atom stereocenters. The van der Waals surface area contributed by atoms with E-state index in [1.807, 2.05) is 0 Å². The van der Waals surface area contributed by atoms with Gasteiger partial charge in [0.25, 0.3) is 0 Å². The molecule has 0 radical (unpaired) electrons. The molecule has 1 heterocycles. The second kappa shape index (κ2) is 12.7. The second-order valence-electron chi connectivity index (χ2n) is 12.0. The number of ether oxygens (including phenoxy) is 3. The van der Waals surface area contributed by atoms with Crippen LogP contribution in [-0.2, 0) is 33.1 Å². The molecule has 3 N–H and O–H groups in total. The van der Waals surface area contributed by atoms with Crippen LogP contribution in [0.15, 0.2) is 0 Å². The molecule has 3 saturated carbocycles. The third-order valence-electron chi connectivity index (χ3n) is 8.47. The zero-order valence-electron chi connectivity index (χ0n) is 23.6. The second-order valence-corrected chi connectivity index (χ2v) is 12.0. The van der Waals surface area contributed by atoms with Gasteiger partial charge in [-0.2, -0.15) is 0 Å². The SMILES string of the molecule is COCCOCCOCC(=O)N[C@H](C(=O)N[C@@H](CC(C)C)B1O[C@@H]2C[C@H]3C[C@H](C3(C)C)[C@]2(C)O1)[C@@H](C)O. The molecule has 3 aliphatic carbocycles. The summed E-state index contributed by atoms with van der Waals surface area (Å²) in [5, 5.41) is 15.9. The summed E-state index contributed by atoms with van der Waals surface area (Å²) < 4.78 is 28.5. The van der Waals surface area contributed by atoms with E-state index >= 15 is 0 Å². The van der Waals surface area contributed by atoms with E-state index in [1.165, 1.54) is 6.92 Å². The van der Waals surface area contributed by atoms with Crippen LogP contribution >= 0.6 is 0 Å². The molecule has 4 rings (SSSR count). The Bertz CT molecular complexity index is 782. The van der Waals surface area contributed by atoms with Crippen molar-refractivity contribution < 1.29 is 38.2 Å². The van der Waals surface area contributed by atoms with E-state index in [1.54, 1.807) is 7.11 Å². The molecule has 10 nitrogen and oxygen atoms in total. The van der Waals surface area contributed by atoms with Crippen LogP contribution in [0.4, 0.5) is 0 Å². The summed E-state index contributed by atoms with van der Waals surface area (Å²) in [4.78, 5) is 25.6. The third kappa shape index (κ3) is 7.05. The van der Waals surface area contributed by atoms with Crippen LogP contribution in [0.5, 0.6) is 0 Å². The monoisotopic (exact) mass is 526 g/mol. The fraction of sp³-hybridized carbons (Fsp3) is 0.923. The van der Waals surface area contributed by atoms with Crippen LogP contribution in [-0.4, -0.2) is 94.0 Å². The highest BCUT2D eigenvalue weighted by Gasteiger charge is 2.68. The molecule has 1 aliphatic heterocycles. The Labute approximate surface area is 222 Å². The van der Waals surface area contributed by atoms with Gasteiger partial charge in [-0.3, -0.25) is 9.59 Å². The molecule has 11 heteroatoms. The first-order valence-electron chi connectivity index (χ1n) is 13.7. The predicted octanol–water partition coefficient (Wildman–Crippen LogP) is 1.33. The van der Waals surface area contributed by atoms with Crippen molar-refractivity contribution in [2.24, 2.45) is 23.2 Å². The maximum absolute atomic E-state index is 13.2. The maximum Gasteiger partial charge on any atom is 0.481 e. The molecule has 0 unspecified atom stereocenters. The number of hydrogen-bond donors (Lipinski definition) is 3. The van der Waals surface area contributed by atoms with Crippen molar-refractivity contribution in [3.63, 3.8) is 0 Å². The van der Waals surface area contributed by atoms with Crippen molar-refractivity contribution in [1.82, 2.24) is 10.6 Å². The van der Waals surface area contributed by atoms with Gasteiger partial charge in [0.2, 0.25) is 11.8 Å². The molecular formula is C26H47BN2O8. The minimum absolute atomic E-state index is 0.00345. The smallest absolute Gasteiger partial charge is 0.404 e. The highest BCUT2D eigenvalue weighted by atomic mass is 16.7. The number of carbonyl (C=O) groups excluding carboxylic acids is 2. The number of carbonyl (C=O) groups is 2. The van der Waals surface area contributed by atoms with Gasteiger partial charge in [0.1, 0.15) is 12.6 Å². The molecule has 2 bridgehead atoms. The van der Waals surface area contributed by atoms with Crippen molar-refractivity contribution >= 4 is 18.9 Å². The van der Waals surface area contributed by atoms with Gasteiger partial charge in [0.15, 0.2) is 0 Å². The quantitative estimate of drug-likeness (QED) is 0.216. The van der Waals surface area contributed by atoms with Crippen molar-refractivity contribution in [1.29, 1.82) is 0 Å². The minimum atomic E-state index is -1.13. The summed E-state index contributed by atoms with van der Waals surface area (Å²) in [5.74, 6) is -0.0592. The summed E-state index contributed by atoms with van der Waals surface area (Å²) in [5.41, 5.74) is -0.161. The summed E-state index contributed by atoms with van der Waals surface area (Å²) in [6.07, 6.45) is 1.66. The molecule has 0 aromatic heterocycles. The van der Waals surface area contributed by atoms with Crippen LogP contribution in [0.1, 0.15) is 60.8 Å². The molecular weight excluding hydrogens is 479 g/mol. The predicted molar refractivity (Wildman–Crippen MR) is 139 cm³/mol. The lowest BCUT2D eigenvalue weighted by molar-refractivity contribution is -0.199. The van der Waals surface area contributed by atoms with Crippen LogP contribution in [0.2, 0.25) is 0 Å². The fourth-order valence-corrected chi connectivity index (χ4v) is 6.24. The lowest BCUT2D eigenvalue weighted by Gasteiger charge is -2.64. The first-order valence-corrected chi connectivity index (χ1v) is 13.7. The molecule has 4 aliphatic rings. The highest BCUT2D eigenvalue weighted by molar-refractivity contribution is 6.48. The average molecular weight is 526 g/mol. The first-order chi connectivity index (χ1) is 17.4. The zero-order valence-corrected chi connectivity index (χ0v) is 23.6. The molecule has 0 spiro atoms. The number of aliphatic hydroxyl groups excluding tert-OH is 1. The molecule has 0 aromatic rings. The zero-order chi connectivity index (χ0) is 27.4. The van der Waals surface area contributed by atoms with Crippen molar-refractivity contribution in [3.05, 3.63) is 0 Å². The van der Waals surface area contributed by atoms with Gasteiger partial charge in [0, 0.05) is 7.11 Å². The largest absolute Gasteiger partial charge is 0.481 e. The molecule has 212 valence electrons. The maximum atomic E-state index is 13.2. The Hall–Kier alpha value is -1.24. The average Bonchev–Trinajstić information content (AvgIpc) is 3.18. The Morgan fingerprint density at radius 2 is 1.73 bits per heavy atom. The number of aliphatic hydroxyl groups is 1. The highest BCUT2D eigenvalue weighted by Crippen LogP contribution is 2.65. The van der Waals surface area contributed by atoms with Crippen LogP contribution in [0.3, 0.4) is 0 Å². The lowest BCUT2D eigenvalue weighted by Crippen LogP contribution is -2.65. The Morgan fingerprint density at radius 3 is 2.35 bits per heavy atom. The summed E-state index contributed by atoms with van der Waals surface area (Å²) in [7, 11) is 1.01. The Kier molecular flexibility index (Phi) is 10.4. The summed E-state index contributed by atoms with van der Waals surface area (Å²) in [6.45, 7) is 13.6. The number of methoxy groups -OCH3 is 1. The number of rotatable bonds is 15. The first kappa shape index (κ1) is 30.3. The minimum Gasteiger partial charge on any atom is -0.404 e. The molecule has 4 fully saturated rings. The summed E-state index contributed by atoms with van der Waals surface area (Å²) >= 11 is 0. The molecule has 37 heavy (non-hydrogen) atoms. The van der Waals surface area contributed by atoms with E-state index in [0.29, 0.717) is 38.1 Å². The fourth-order valence-electron chi connectivity index (χ4n) is 6.24. The van der Waals surface area contributed by atoms with Crippen LogP contribution < -0.4 is 10.6 Å². The van der Waals surface area contributed by atoms with E-state index < -0.39 is 37.0 Å². The van der Waals surface area contributed by atoms with Gasteiger partial charge in [-0.15, -0.1) is 0 Å². The van der Waals surface area contributed by atoms with E-state index in [-0.39, 0.29) is 36.3 Å². The van der Waals surface area contributed by atoms with E-state index in [9.17, 15) is 14.7 Å². The number of amides is 2. The van der Waals surface area contributed by atoms with Crippen LogP contribution in [0, 0.1) is 23.2 Å². The van der Waals surface area contributed by atoms with E-state index in [2.05, 4.69) is 45.3 Å². The lowest BCUT2D eigenvalue weighted by atomic mass is 9.43. The number of nitrogens with one attached hydrogen (secondary N) is 2. The Balaban J connectivity index is 1.55. The third-order valence-corrected chi connectivity index (χ3v) is 8.47. The van der Waals surface area contributed by atoms with Crippen molar-refractivity contribution in [2.75, 3.05) is 40.1 Å². The van der Waals surface area contributed by atoms with Gasteiger partial charge in [-0.05, 0) is 56.3 Å². The Morgan fingerprint density at radius 1 is 1.05 bits per heavy atom. The normalized spacial score (nSPS) is 30.3. The molecule has 2 amide bonds. The van der Waals surface area contributed by atoms with E-state index in [0.717, 1.165) is 12.8 Å². The van der Waals surface area contributed by atoms with Crippen molar-refractivity contribution in [3.8, 4) is 0 Å². The van der Waals surface area contributed by atoms with Crippen LogP contribution in [0.25, 0.3) is 0 Å². The van der Waals surface area contributed by atoms with Gasteiger partial charge in [-0.25, -0.2) is 0 Å². The summed E-state index contributed by atoms with van der Waals surface area (Å²) in [6, 6.07) is -1.13. The topological polar surface area (TPSA) is 125 Å². The molecule has 1 saturated heterocycles. The van der Waals surface area contributed by atoms with Crippen molar-refractivity contribution in [2.45, 2.75) is 90.6 Å². The van der Waals surface area contributed by atoms with E-state index in [4.69, 9.17) is 23.5 Å². The van der Waals surface area contributed by atoms with Gasteiger partial charge < -0.3 is 39.3 Å². The van der Waals surface area contributed by atoms with Gasteiger partial charge in [-0.1, -0.05) is 27.7 Å². The van der Waals surface area contributed by atoms with Gasteiger partial charge >= 0.3 is 7.12 Å².